The van der Waals surface area contributed by atoms with Crippen molar-refractivity contribution in [2.45, 2.75) is 61.8 Å². The number of anilines is 1. The van der Waals surface area contributed by atoms with E-state index in [1.807, 2.05) is 108 Å². The van der Waals surface area contributed by atoms with Gasteiger partial charge in [-0.25, -0.2) is 0 Å². The summed E-state index contributed by atoms with van der Waals surface area (Å²) in [6, 6.07) is 29.2. The van der Waals surface area contributed by atoms with Crippen LogP contribution in [0.2, 0.25) is 0 Å². The molecule has 0 spiro atoms. The maximum atomic E-state index is 10.9. The van der Waals surface area contributed by atoms with Crippen molar-refractivity contribution in [1.29, 1.82) is 0 Å². The van der Waals surface area contributed by atoms with Crippen molar-refractivity contribution in [2.75, 3.05) is 5.32 Å². The summed E-state index contributed by atoms with van der Waals surface area (Å²) in [6.07, 6.45) is 3.45. The quantitative estimate of drug-likeness (QED) is 0.192. The van der Waals surface area contributed by atoms with Crippen molar-refractivity contribution in [3.63, 3.8) is 0 Å². The summed E-state index contributed by atoms with van der Waals surface area (Å²) < 4.78 is 0. The van der Waals surface area contributed by atoms with E-state index in [1.165, 1.54) is 22.5 Å². The lowest BCUT2D eigenvalue weighted by Gasteiger charge is -2.15. The van der Waals surface area contributed by atoms with E-state index in [1.54, 1.807) is 0 Å². The fourth-order valence-electron chi connectivity index (χ4n) is 3.41. The van der Waals surface area contributed by atoms with Gasteiger partial charge in [0.2, 0.25) is 11.5 Å². The van der Waals surface area contributed by atoms with Crippen LogP contribution in [-0.2, 0) is 11.2 Å². The first-order chi connectivity index (χ1) is 18.2. The van der Waals surface area contributed by atoms with Crippen LogP contribution in [0.1, 0.15) is 61.0 Å². The van der Waals surface area contributed by atoms with Crippen molar-refractivity contribution >= 4 is 33.4 Å². The molecule has 5 aromatic rings. The van der Waals surface area contributed by atoms with E-state index in [9.17, 15) is 9.59 Å². The second-order valence-corrected chi connectivity index (χ2v) is 7.18. The summed E-state index contributed by atoms with van der Waals surface area (Å²) in [4.78, 5) is 27.6. The van der Waals surface area contributed by atoms with Gasteiger partial charge >= 0.3 is 0 Å². The average Bonchev–Trinajstić information content (AvgIpc) is 3.46. The van der Waals surface area contributed by atoms with Crippen LogP contribution < -0.4 is 10.9 Å². The topological polar surface area (TPSA) is 77.8 Å². The third kappa shape index (κ3) is 10.9. The van der Waals surface area contributed by atoms with Gasteiger partial charge in [-0.2, -0.15) is 0 Å². The molecule has 5 heteroatoms. The molecule has 1 aliphatic rings. The molecule has 0 atom stereocenters. The molecule has 0 saturated carbocycles. The molecule has 3 aromatic carbocycles. The normalized spacial score (nSPS) is 10.3. The number of fused-ring (bicyclic) bond motifs is 3. The van der Waals surface area contributed by atoms with Gasteiger partial charge in [0.05, 0.1) is 0 Å². The molecule has 0 fully saturated rings. The lowest BCUT2D eigenvalue weighted by molar-refractivity contribution is -0.116. The number of pyridine rings is 1. The number of aromatic amines is 2. The second-order valence-electron chi connectivity index (χ2n) is 7.18. The molecule has 0 radical (unpaired) electrons. The van der Waals surface area contributed by atoms with Gasteiger partial charge in [0.25, 0.3) is 0 Å². The van der Waals surface area contributed by atoms with Gasteiger partial charge < -0.3 is 15.3 Å². The Morgan fingerprint density at radius 2 is 1.13 bits per heavy atom. The number of benzene rings is 3. The fraction of sp³-hybridized carbons (Fsp3) is 0.273. The fourth-order valence-corrected chi connectivity index (χ4v) is 3.41. The van der Waals surface area contributed by atoms with Crippen molar-refractivity contribution in [3.8, 4) is 0 Å². The number of aryl methyl sites for hydroxylation is 1. The Morgan fingerprint density at radius 1 is 0.579 bits per heavy atom. The minimum Gasteiger partial charge on any atom is -0.361 e. The molecule has 6 rings (SSSR count). The third-order valence-electron chi connectivity index (χ3n) is 5.01. The highest BCUT2D eigenvalue weighted by Crippen LogP contribution is 2.20. The summed E-state index contributed by atoms with van der Waals surface area (Å²) in [6.45, 7) is 12.0. The molecule has 0 saturated heterocycles. The predicted molar refractivity (Wildman–Crippen MR) is 167 cm³/mol. The summed E-state index contributed by atoms with van der Waals surface area (Å²) in [7, 11) is 0. The zero-order valence-electron chi connectivity index (χ0n) is 23.0. The van der Waals surface area contributed by atoms with Crippen molar-refractivity contribution < 1.29 is 4.79 Å². The van der Waals surface area contributed by atoms with E-state index in [0.717, 1.165) is 23.0 Å². The van der Waals surface area contributed by atoms with E-state index in [-0.39, 0.29) is 18.9 Å². The number of hydrogen-bond donors (Lipinski definition) is 3. The summed E-state index contributed by atoms with van der Waals surface area (Å²) >= 11 is 0. The molecule has 0 aliphatic carbocycles. The van der Waals surface area contributed by atoms with Crippen LogP contribution in [0.4, 0.5) is 5.69 Å². The minimum absolute atomic E-state index is 0. The molecule has 3 heterocycles. The number of rotatable bonds is 0. The number of para-hydroxylation sites is 3. The molecule has 0 bridgehead atoms. The molecule has 2 aromatic heterocycles. The Hall–Kier alpha value is -4.12. The minimum atomic E-state index is -0.0521. The maximum absolute atomic E-state index is 10.9. The Bertz CT molecular complexity index is 1340. The Balaban J connectivity index is 0.000000487. The monoisotopic (exact) mass is 515 g/mol. The molecular formula is C33H45N3O2. The average molecular weight is 516 g/mol. The van der Waals surface area contributed by atoms with E-state index in [0.29, 0.717) is 6.42 Å². The van der Waals surface area contributed by atoms with Crippen molar-refractivity contribution in [3.05, 3.63) is 113 Å². The molecule has 38 heavy (non-hydrogen) atoms. The maximum Gasteiger partial charge on any atom is 0.248 e. The lowest BCUT2D eigenvalue weighted by atomic mass is 10.0. The third-order valence-corrected chi connectivity index (χ3v) is 5.01. The van der Waals surface area contributed by atoms with Gasteiger partial charge in [-0.3, -0.25) is 9.59 Å². The molecule has 5 nitrogen and oxygen atoms in total. The molecule has 0 unspecified atom stereocenters. The number of H-pyrrole nitrogens is 2. The van der Waals surface area contributed by atoms with Gasteiger partial charge in [-0.05, 0) is 53.1 Å². The van der Waals surface area contributed by atoms with Gasteiger partial charge in [0.1, 0.15) is 0 Å². The lowest BCUT2D eigenvalue weighted by Crippen LogP contribution is -2.18. The van der Waals surface area contributed by atoms with Gasteiger partial charge in [-0.15, -0.1) is 0 Å². The molecule has 1 amide bonds. The number of carbonyl (C=O) groups is 1. The van der Waals surface area contributed by atoms with E-state index in [2.05, 4.69) is 39.6 Å². The molecule has 204 valence electrons. The van der Waals surface area contributed by atoms with Crippen LogP contribution in [0.25, 0.3) is 21.8 Å². The first kappa shape index (κ1) is 33.9. The van der Waals surface area contributed by atoms with Crippen LogP contribution in [0.15, 0.2) is 102 Å². The van der Waals surface area contributed by atoms with Crippen LogP contribution >= 0.6 is 0 Å². The number of amides is 1. The Morgan fingerprint density at radius 3 is 1.79 bits per heavy atom. The Labute approximate surface area is 228 Å². The highest BCUT2D eigenvalue weighted by Gasteiger charge is 2.12. The van der Waals surface area contributed by atoms with Crippen LogP contribution in [0.5, 0.6) is 0 Å². The van der Waals surface area contributed by atoms with Crippen molar-refractivity contribution in [2.24, 2.45) is 0 Å². The van der Waals surface area contributed by atoms with Gasteiger partial charge in [0, 0.05) is 35.4 Å². The highest BCUT2D eigenvalue weighted by atomic mass is 16.1. The first-order valence-electron chi connectivity index (χ1n) is 13.2. The van der Waals surface area contributed by atoms with Crippen LogP contribution in [0.3, 0.4) is 0 Å². The smallest absolute Gasteiger partial charge is 0.248 e. The standard InChI is InChI=1S/C9H9NO.C9H7NO.C8H7N.3C2H6.CH4/c2*11-9-6-5-7-3-1-2-4-8(7)10-9;1-2-4-8-7(3-1)5-6-9-8;3*1-2;/h1-4H,5-6H2,(H,10,11);1-6H,(H,10,11);1-6,9H;3*1-2H3;1H4. The van der Waals surface area contributed by atoms with Crippen LogP contribution in [0, 0.1) is 0 Å². The predicted octanol–water partition coefficient (Wildman–Crippen LogP) is 8.98. The molecule has 1 aliphatic heterocycles. The number of nitrogens with one attached hydrogen (secondary N) is 3. The largest absolute Gasteiger partial charge is 0.361 e. The number of hydrogen-bond acceptors (Lipinski definition) is 2. The summed E-state index contributed by atoms with van der Waals surface area (Å²) in [5, 5.41) is 5.16. The SMILES string of the molecule is C.CC.CC.CC.O=C1CCc2ccccc2N1.O=c1ccc2ccccc2[nH]1.c1ccc2[nH]ccc2c1. The first-order valence-corrected chi connectivity index (χ1v) is 13.2. The highest BCUT2D eigenvalue weighted by molar-refractivity contribution is 5.93. The Kier molecular flexibility index (Phi) is 17.8. The number of carbonyl (C=O) groups excluding carboxylic acids is 1. The van der Waals surface area contributed by atoms with E-state index >= 15 is 0 Å². The number of aromatic nitrogens is 2. The molecular weight excluding hydrogens is 470 g/mol. The van der Waals surface area contributed by atoms with Crippen LogP contribution in [-0.4, -0.2) is 15.9 Å². The summed E-state index contributed by atoms with van der Waals surface area (Å²) in [5.41, 5.74) is 4.26. The zero-order chi connectivity index (χ0) is 27.5. The van der Waals surface area contributed by atoms with Crippen molar-refractivity contribution in [1.82, 2.24) is 9.97 Å². The van der Waals surface area contributed by atoms with Gasteiger partial charge in [0.15, 0.2) is 0 Å². The zero-order valence-corrected chi connectivity index (χ0v) is 23.0. The van der Waals surface area contributed by atoms with E-state index in [4.69, 9.17) is 0 Å². The molecule has 3 N–H and O–H groups in total. The van der Waals surface area contributed by atoms with E-state index < -0.39 is 0 Å². The second kappa shape index (κ2) is 20.0. The summed E-state index contributed by atoms with van der Waals surface area (Å²) in [5.74, 6) is 0.128. The van der Waals surface area contributed by atoms with Gasteiger partial charge in [-0.1, -0.05) is 104 Å².